The van der Waals surface area contributed by atoms with Gasteiger partial charge in [0.2, 0.25) is 0 Å². The number of hydrogen-bond donors (Lipinski definition) is 0. The van der Waals surface area contributed by atoms with Crippen LogP contribution >= 0.6 is 0 Å². The third kappa shape index (κ3) is 8.49. The van der Waals surface area contributed by atoms with Gasteiger partial charge in [-0.15, -0.1) is 0 Å². The molecule has 80 heavy (non-hydrogen) atoms. The lowest BCUT2D eigenvalue weighted by Gasteiger charge is -2.38. The Hall–Kier alpha value is -8.05. The molecule has 0 N–H and O–H groups in total. The van der Waals surface area contributed by atoms with Crippen molar-refractivity contribution in [1.82, 2.24) is 0 Å². The number of hydrogen-bond acceptors (Lipinski definition) is 3. The Balaban J connectivity index is 1.08. The van der Waals surface area contributed by atoms with Crippen molar-refractivity contribution in [3.8, 4) is 44.5 Å². The van der Waals surface area contributed by atoms with Crippen LogP contribution in [-0.4, -0.2) is 4.21 Å². The van der Waals surface area contributed by atoms with Gasteiger partial charge in [0.1, 0.15) is 0 Å². The molecule has 12 rings (SSSR count). The first-order valence-corrected chi connectivity index (χ1v) is 30.4. The van der Waals surface area contributed by atoms with E-state index in [0.717, 1.165) is 98.2 Å². The van der Waals surface area contributed by atoms with Gasteiger partial charge in [0.15, 0.2) is 0 Å². The zero-order valence-electron chi connectivity index (χ0n) is 48.7. The predicted molar refractivity (Wildman–Crippen MR) is 340 cm³/mol. The molecule has 10 aromatic rings. The predicted octanol–water partition coefficient (Wildman–Crippen LogP) is 21.5. The van der Waals surface area contributed by atoms with Gasteiger partial charge in [-0.3, -0.25) is 4.21 Å². The van der Waals surface area contributed by atoms with Crippen LogP contribution in [0.1, 0.15) is 105 Å². The van der Waals surface area contributed by atoms with Crippen LogP contribution in [0.5, 0.6) is 0 Å². The first kappa shape index (κ1) is 52.6. The van der Waals surface area contributed by atoms with Crippen molar-refractivity contribution in [3.63, 3.8) is 0 Å². The van der Waals surface area contributed by atoms with Gasteiger partial charge >= 0.3 is 0 Å². The lowest BCUT2D eigenvalue weighted by Crippen LogP contribution is -2.30. The van der Waals surface area contributed by atoms with E-state index in [2.05, 4.69) is 323 Å². The number of fused-ring (bicyclic) bond motifs is 10. The number of anilines is 6. The molecule has 2 aliphatic heterocycles. The summed E-state index contributed by atoms with van der Waals surface area (Å²) in [6.07, 6.45) is 0. The summed E-state index contributed by atoms with van der Waals surface area (Å²) in [5.41, 5.74) is 19.9. The van der Waals surface area contributed by atoms with Gasteiger partial charge in [-0.1, -0.05) is 217 Å². The lowest BCUT2D eigenvalue weighted by atomic mass is 9.86. The molecule has 0 saturated heterocycles. The fourth-order valence-electron chi connectivity index (χ4n) is 12.4. The van der Waals surface area contributed by atoms with E-state index in [1.165, 1.54) is 22.3 Å². The highest BCUT2D eigenvalue weighted by molar-refractivity contribution is 8.21. The van der Waals surface area contributed by atoms with Crippen molar-refractivity contribution in [1.29, 1.82) is 0 Å². The quantitative estimate of drug-likeness (QED) is 0.152. The van der Waals surface area contributed by atoms with Gasteiger partial charge in [-0.25, -0.2) is 0 Å². The van der Waals surface area contributed by atoms with Crippen molar-refractivity contribution in [2.24, 2.45) is 0 Å². The maximum atomic E-state index is 18.0. The first-order chi connectivity index (χ1) is 38.0. The molecule has 0 bridgehead atoms. The van der Waals surface area contributed by atoms with Gasteiger partial charge in [0, 0.05) is 62.5 Å². The monoisotopic (exact) mass is 1060 g/mol. The number of para-hydroxylation sites is 2. The van der Waals surface area contributed by atoms with Crippen molar-refractivity contribution in [2.75, 3.05) is 9.80 Å². The minimum Gasteiger partial charge on any atom is -0.310 e. The summed E-state index contributed by atoms with van der Waals surface area (Å²) in [4.78, 5) is 8.26. The summed E-state index contributed by atoms with van der Waals surface area (Å²) in [5, 5.41) is 0. The van der Waals surface area contributed by atoms with Gasteiger partial charge in [0.05, 0.1) is 11.4 Å². The van der Waals surface area contributed by atoms with Crippen LogP contribution in [0, 0.1) is 0 Å². The molecule has 10 aromatic carbocycles. The highest BCUT2D eigenvalue weighted by Gasteiger charge is 2.57. The van der Waals surface area contributed by atoms with Crippen LogP contribution in [0.3, 0.4) is 0 Å². The Morgan fingerprint density at radius 2 is 0.512 bits per heavy atom. The third-order valence-electron chi connectivity index (χ3n) is 16.9. The van der Waals surface area contributed by atoms with Gasteiger partial charge < -0.3 is 9.80 Å². The summed E-state index contributed by atoms with van der Waals surface area (Å²) in [7, 11) is -4.19. The van der Waals surface area contributed by atoms with E-state index in [-0.39, 0.29) is 21.7 Å². The average molecular weight is 1060 g/mol. The molecule has 0 radical (unpaired) electrons. The fraction of sp³-hybridized carbons (Fsp3) is 0.211. The molecule has 2 aliphatic rings. The molecule has 3 nitrogen and oxygen atoms in total. The Morgan fingerprint density at radius 1 is 0.263 bits per heavy atom. The van der Waals surface area contributed by atoms with Gasteiger partial charge in [-0.2, -0.15) is 0 Å². The van der Waals surface area contributed by atoms with E-state index in [1.54, 1.807) is 0 Å². The summed E-state index contributed by atoms with van der Waals surface area (Å²) in [6, 6.07) is 84.2. The second-order valence-electron chi connectivity index (χ2n) is 26.3. The van der Waals surface area contributed by atoms with Crippen molar-refractivity contribution in [2.45, 2.75) is 124 Å². The SMILES string of the molecule is CC(C)(C)c1ccc(N(c2ccc(C(C)(C)C)cc2)c2ccccc2-c2ccc3c(c2)-c2cc(-c4ccccc4N(c4ccc(C(C)(C)C)cc4)c4ccc(C(C)(C)C)cc4)ccc2S32(=O)c3ccccc3-c3ccccc32)cc1. The van der Waals surface area contributed by atoms with Crippen molar-refractivity contribution < 1.29 is 4.21 Å². The summed E-state index contributed by atoms with van der Waals surface area (Å²) < 4.78 is 18.0. The zero-order valence-corrected chi connectivity index (χ0v) is 49.5. The molecule has 0 unspecified atom stereocenters. The molecule has 0 atom stereocenters. The van der Waals surface area contributed by atoms with Crippen molar-refractivity contribution in [3.05, 3.63) is 253 Å². The minimum atomic E-state index is -4.19. The molecule has 0 amide bonds. The lowest BCUT2D eigenvalue weighted by molar-refractivity contribution is 0.590. The van der Waals surface area contributed by atoms with E-state index in [9.17, 15) is 0 Å². The maximum Gasteiger partial charge on any atom is 0.0540 e. The van der Waals surface area contributed by atoms with Crippen molar-refractivity contribution >= 4 is 43.2 Å². The molecular weight excluding hydrogens is 989 g/mol. The molecule has 0 fully saturated rings. The van der Waals surface area contributed by atoms with Crippen LogP contribution in [0.25, 0.3) is 44.5 Å². The van der Waals surface area contributed by atoms with Gasteiger partial charge in [-0.05, 0) is 174 Å². The molecule has 2 heterocycles. The maximum absolute atomic E-state index is 18.0. The largest absolute Gasteiger partial charge is 0.310 e. The molecule has 0 aromatic heterocycles. The van der Waals surface area contributed by atoms with E-state index in [1.807, 2.05) is 0 Å². The minimum absolute atomic E-state index is 0.00755. The van der Waals surface area contributed by atoms with Crippen LogP contribution in [-0.2, 0) is 30.7 Å². The second kappa shape index (κ2) is 18.8. The Bertz CT molecular complexity index is 3700. The van der Waals surface area contributed by atoms with Gasteiger partial charge in [0.25, 0.3) is 0 Å². The normalized spacial score (nSPS) is 14.6. The van der Waals surface area contributed by atoms with E-state index in [4.69, 9.17) is 0 Å². The van der Waals surface area contributed by atoms with Crippen LogP contribution < -0.4 is 9.80 Å². The highest BCUT2D eigenvalue weighted by atomic mass is 32.3. The molecular formula is C76H74N2OS. The average Bonchev–Trinajstić information content (AvgIpc) is 4.00. The smallest absolute Gasteiger partial charge is 0.0540 e. The fourth-order valence-corrected chi connectivity index (χ4v) is 17.5. The van der Waals surface area contributed by atoms with E-state index in [0.29, 0.717) is 0 Å². The number of benzene rings is 10. The Labute approximate surface area is 476 Å². The third-order valence-corrected chi connectivity index (χ3v) is 21.7. The molecule has 400 valence electrons. The molecule has 1 spiro atoms. The topological polar surface area (TPSA) is 23.6 Å². The molecule has 0 saturated carbocycles. The second-order valence-corrected chi connectivity index (χ2v) is 29.9. The van der Waals surface area contributed by atoms with E-state index < -0.39 is 9.07 Å². The standard InChI is InChI=1S/C76H74N2OS/c1-73(2,3)53-31-39-57(40-32-53)77(58-41-33-54(34-42-58)74(4,5)6)67-25-17-13-21-61(67)51-29-47-71-65(49-51)66-50-52(30-48-72(66)80(71,79)69-27-19-15-23-63(69)64-24-16-20-28-70(64)80)62-22-14-18-26-68(62)78(59-43-35-55(36-44-59)75(7,8)9)60-45-37-56(38-46-60)76(10,11)12/h13-50H,1-12H3. The zero-order chi connectivity index (χ0) is 56.2. The molecule has 0 aliphatic carbocycles. The first-order valence-electron chi connectivity index (χ1n) is 28.4. The molecule has 4 heteroatoms. The number of rotatable bonds is 8. The Morgan fingerprint density at radius 3 is 0.800 bits per heavy atom. The summed E-state index contributed by atoms with van der Waals surface area (Å²) >= 11 is 0. The van der Waals surface area contributed by atoms with E-state index >= 15 is 4.21 Å². The highest BCUT2D eigenvalue weighted by Crippen LogP contribution is 2.71. The van der Waals surface area contributed by atoms with Crippen LogP contribution in [0.15, 0.2) is 250 Å². The number of nitrogens with zero attached hydrogens (tertiary/aromatic N) is 2. The summed E-state index contributed by atoms with van der Waals surface area (Å²) in [5.74, 6) is 0. The van der Waals surface area contributed by atoms with Crippen LogP contribution in [0.4, 0.5) is 34.1 Å². The Kier molecular flexibility index (Phi) is 12.4. The summed E-state index contributed by atoms with van der Waals surface area (Å²) in [6.45, 7) is 27.2. The van der Waals surface area contributed by atoms with Crippen LogP contribution in [0.2, 0.25) is 0 Å².